The van der Waals surface area contributed by atoms with Gasteiger partial charge in [0.15, 0.2) is 0 Å². The van der Waals surface area contributed by atoms with Gasteiger partial charge in [0.2, 0.25) is 0 Å². The minimum absolute atomic E-state index is 0.00576. The Balaban J connectivity index is 1.99. The molecule has 2 rings (SSSR count). The van der Waals surface area contributed by atoms with Crippen molar-refractivity contribution in [3.63, 3.8) is 0 Å². The number of carbonyl (C=O) groups excluding carboxylic acids is 1. The van der Waals surface area contributed by atoms with E-state index in [-0.39, 0.29) is 16.6 Å². The summed E-state index contributed by atoms with van der Waals surface area (Å²) in [7, 11) is 0. The van der Waals surface area contributed by atoms with Gasteiger partial charge in [-0.05, 0) is 40.9 Å². The lowest BCUT2D eigenvalue weighted by Crippen LogP contribution is -2.44. The standard InChI is InChI=1S/C14H17BrFNO2/c15-11-6-4-5-10(12(11)16)13(18)17-9-14(19)7-2-1-3-8-14/h4-6,19H,1-3,7-9H2,(H,17,18). The van der Waals surface area contributed by atoms with Crippen LogP contribution in [0.5, 0.6) is 0 Å². The molecule has 19 heavy (non-hydrogen) atoms. The lowest BCUT2D eigenvalue weighted by molar-refractivity contribution is 0.00521. The molecule has 1 aromatic rings. The van der Waals surface area contributed by atoms with E-state index in [4.69, 9.17) is 0 Å². The van der Waals surface area contributed by atoms with Crippen LogP contribution in [0.15, 0.2) is 22.7 Å². The molecule has 0 aromatic heterocycles. The van der Waals surface area contributed by atoms with Crippen molar-refractivity contribution < 1.29 is 14.3 Å². The van der Waals surface area contributed by atoms with Crippen molar-refractivity contribution in [2.24, 2.45) is 0 Å². The summed E-state index contributed by atoms with van der Waals surface area (Å²) < 4.78 is 14.0. The van der Waals surface area contributed by atoms with Gasteiger partial charge >= 0.3 is 0 Å². The van der Waals surface area contributed by atoms with Crippen LogP contribution < -0.4 is 5.32 Å². The van der Waals surface area contributed by atoms with Crippen molar-refractivity contribution in [1.29, 1.82) is 0 Å². The molecule has 1 amide bonds. The lowest BCUT2D eigenvalue weighted by Gasteiger charge is -2.32. The summed E-state index contributed by atoms with van der Waals surface area (Å²) in [4.78, 5) is 11.9. The van der Waals surface area contributed by atoms with E-state index >= 15 is 0 Å². The molecule has 1 saturated carbocycles. The zero-order valence-electron chi connectivity index (χ0n) is 10.6. The smallest absolute Gasteiger partial charge is 0.254 e. The van der Waals surface area contributed by atoms with Crippen LogP contribution in [0.4, 0.5) is 4.39 Å². The summed E-state index contributed by atoms with van der Waals surface area (Å²) in [5.74, 6) is -1.06. The van der Waals surface area contributed by atoms with Gasteiger partial charge in [-0.25, -0.2) is 4.39 Å². The molecule has 0 atom stereocenters. The van der Waals surface area contributed by atoms with Crippen molar-refractivity contribution in [2.45, 2.75) is 37.7 Å². The average molecular weight is 330 g/mol. The molecule has 0 bridgehead atoms. The third kappa shape index (κ3) is 3.54. The largest absolute Gasteiger partial charge is 0.388 e. The van der Waals surface area contributed by atoms with Crippen molar-refractivity contribution in [2.75, 3.05) is 6.54 Å². The second-order valence-corrected chi connectivity index (χ2v) is 5.92. The van der Waals surface area contributed by atoms with Gasteiger partial charge in [0, 0.05) is 6.54 Å². The molecule has 0 heterocycles. The molecule has 3 nitrogen and oxygen atoms in total. The number of benzene rings is 1. The van der Waals surface area contributed by atoms with E-state index in [1.54, 1.807) is 12.1 Å². The molecule has 0 spiro atoms. The molecule has 0 radical (unpaired) electrons. The molecule has 2 N–H and O–H groups in total. The van der Waals surface area contributed by atoms with Crippen molar-refractivity contribution >= 4 is 21.8 Å². The normalized spacial score (nSPS) is 18.1. The molecule has 0 aliphatic heterocycles. The molecule has 1 aromatic carbocycles. The van der Waals surface area contributed by atoms with Crippen LogP contribution in [0.2, 0.25) is 0 Å². The van der Waals surface area contributed by atoms with Crippen molar-refractivity contribution in [3.05, 3.63) is 34.1 Å². The number of hydrogen-bond donors (Lipinski definition) is 2. The highest BCUT2D eigenvalue weighted by molar-refractivity contribution is 9.10. The Morgan fingerprint density at radius 3 is 2.74 bits per heavy atom. The molecular formula is C14H17BrFNO2. The molecular weight excluding hydrogens is 313 g/mol. The monoisotopic (exact) mass is 329 g/mol. The first-order valence-electron chi connectivity index (χ1n) is 6.46. The summed E-state index contributed by atoms with van der Waals surface area (Å²) in [6, 6.07) is 4.58. The highest BCUT2D eigenvalue weighted by atomic mass is 79.9. The van der Waals surface area contributed by atoms with Gasteiger partial charge < -0.3 is 10.4 Å². The molecule has 1 fully saturated rings. The Bertz CT molecular complexity index is 473. The number of rotatable bonds is 3. The zero-order chi connectivity index (χ0) is 13.9. The molecule has 1 aliphatic rings. The van der Waals surface area contributed by atoms with Crippen LogP contribution in [0.1, 0.15) is 42.5 Å². The fourth-order valence-electron chi connectivity index (χ4n) is 2.41. The SMILES string of the molecule is O=C(NCC1(O)CCCCC1)c1cccc(Br)c1F. The Labute approximate surface area is 120 Å². The predicted octanol–water partition coefficient (Wildman–Crippen LogP) is 3.01. The van der Waals surface area contributed by atoms with E-state index in [0.717, 1.165) is 19.3 Å². The number of hydrogen-bond acceptors (Lipinski definition) is 2. The topological polar surface area (TPSA) is 49.3 Å². The number of aliphatic hydroxyl groups is 1. The van der Waals surface area contributed by atoms with E-state index in [1.165, 1.54) is 6.07 Å². The van der Waals surface area contributed by atoms with E-state index < -0.39 is 17.3 Å². The molecule has 104 valence electrons. The van der Waals surface area contributed by atoms with Gasteiger partial charge in [-0.15, -0.1) is 0 Å². The molecule has 0 unspecified atom stereocenters. The third-order valence-electron chi connectivity index (χ3n) is 3.56. The minimum atomic E-state index is -0.837. The fourth-order valence-corrected chi connectivity index (χ4v) is 2.77. The third-order valence-corrected chi connectivity index (χ3v) is 4.17. The lowest BCUT2D eigenvalue weighted by atomic mass is 9.85. The first-order valence-corrected chi connectivity index (χ1v) is 7.26. The van der Waals surface area contributed by atoms with Gasteiger partial charge in [0.05, 0.1) is 15.6 Å². The second-order valence-electron chi connectivity index (χ2n) is 5.07. The Morgan fingerprint density at radius 1 is 1.37 bits per heavy atom. The van der Waals surface area contributed by atoms with E-state index in [2.05, 4.69) is 21.2 Å². The van der Waals surface area contributed by atoms with Crippen molar-refractivity contribution in [1.82, 2.24) is 5.32 Å². The Morgan fingerprint density at radius 2 is 2.05 bits per heavy atom. The molecule has 1 aliphatic carbocycles. The van der Waals surface area contributed by atoms with Crippen LogP contribution in [0.3, 0.4) is 0 Å². The zero-order valence-corrected chi connectivity index (χ0v) is 12.2. The van der Waals surface area contributed by atoms with Gasteiger partial charge in [-0.3, -0.25) is 4.79 Å². The molecule has 0 saturated heterocycles. The predicted molar refractivity (Wildman–Crippen MR) is 74.5 cm³/mol. The van der Waals surface area contributed by atoms with Gasteiger partial charge in [-0.2, -0.15) is 0 Å². The van der Waals surface area contributed by atoms with E-state index in [9.17, 15) is 14.3 Å². The number of amides is 1. The fraction of sp³-hybridized carbons (Fsp3) is 0.500. The van der Waals surface area contributed by atoms with E-state index in [1.807, 2.05) is 0 Å². The van der Waals surface area contributed by atoms with Crippen LogP contribution in [0.25, 0.3) is 0 Å². The highest BCUT2D eigenvalue weighted by Crippen LogP contribution is 2.27. The maximum atomic E-state index is 13.7. The van der Waals surface area contributed by atoms with Crippen LogP contribution in [0, 0.1) is 5.82 Å². The van der Waals surface area contributed by atoms with Crippen LogP contribution in [-0.4, -0.2) is 23.2 Å². The Hall–Kier alpha value is -0.940. The van der Waals surface area contributed by atoms with Crippen LogP contribution >= 0.6 is 15.9 Å². The second kappa shape index (κ2) is 6.01. The van der Waals surface area contributed by atoms with E-state index in [0.29, 0.717) is 12.8 Å². The first kappa shape index (κ1) is 14.5. The average Bonchev–Trinajstić information content (AvgIpc) is 2.40. The summed E-state index contributed by atoms with van der Waals surface area (Å²) in [6.45, 7) is 0.178. The van der Waals surface area contributed by atoms with Gasteiger partial charge in [0.1, 0.15) is 5.82 Å². The number of nitrogens with one attached hydrogen (secondary N) is 1. The summed E-state index contributed by atoms with van der Waals surface area (Å²) >= 11 is 3.05. The first-order chi connectivity index (χ1) is 9.02. The molecule has 5 heteroatoms. The number of halogens is 2. The van der Waals surface area contributed by atoms with Crippen molar-refractivity contribution in [3.8, 4) is 0 Å². The highest BCUT2D eigenvalue weighted by Gasteiger charge is 2.29. The quantitative estimate of drug-likeness (QED) is 0.895. The van der Waals surface area contributed by atoms with Gasteiger partial charge in [-0.1, -0.05) is 25.3 Å². The Kier molecular flexibility index (Phi) is 4.58. The maximum absolute atomic E-state index is 13.7. The van der Waals surface area contributed by atoms with Crippen LogP contribution in [-0.2, 0) is 0 Å². The maximum Gasteiger partial charge on any atom is 0.254 e. The van der Waals surface area contributed by atoms with Gasteiger partial charge in [0.25, 0.3) is 5.91 Å². The summed E-state index contributed by atoms with van der Waals surface area (Å²) in [5, 5.41) is 12.9. The number of carbonyl (C=O) groups is 1. The summed E-state index contributed by atoms with van der Waals surface area (Å²) in [6.07, 6.45) is 4.44. The summed E-state index contributed by atoms with van der Waals surface area (Å²) in [5.41, 5.74) is -0.843. The minimum Gasteiger partial charge on any atom is -0.388 e.